The summed E-state index contributed by atoms with van der Waals surface area (Å²) in [6.45, 7) is 2.31. The molecule has 0 aliphatic rings. The average molecular weight is 252 g/mol. The fourth-order valence-corrected chi connectivity index (χ4v) is 2.48. The second-order valence-corrected chi connectivity index (χ2v) is 4.88. The predicted octanol–water partition coefficient (Wildman–Crippen LogP) is 1.55. The summed E-state index contributed by atoms with van der Waals surface area (Å²) in [4.78, 5) is 11.7. The Hall–Kier alpha value is -1.40. The van der Waals surface area contributed by atoms with Gasteiger partial charge in [0.25, 0.3) is 0 Å². The Morgan fingerprint density at radius 3 is 2.94 bits per heavy atom. The van der Waals surface area contributed by atoms with Gasteiger partial charge in [-0.15, -0.1) is 11.3 Å². The number of nitrogens with one attached hydrogen (secondary N) is 1. The highest BCUT2D eigenvalue weighted by molar-refractivity contribution is 7.16. The zero-order valence-corrected chi connectivity index (χ0v) is 11.0. The maximum absolute atomic E-state index is 9.44. The van der Waals surface area contributed by atoms with Crippen LogP contribution in [0.5, 0.6) is 0 Å². The van der Waals surface area contributed by atoms with Gasteiger partial charge in [0.2, 0.25) is 5.95 Å². The minimum Gasteiger partial charge on any atom is -0.392 e. The van der Waals surface area contributed by atoms with Gasteiger partial charge in [0.15, 0.2) is 0 Å². The molecule has 0 bridgehead atoms. The van der Waals surface area contributed by atoms with Crippen LogP contribution in [-0.4, -0.2) is 41.8 Å². The molecular formula is C11H16N4OS. The lowest BCUT2D eigenvalue weighted by atomic mass is 10.3. The normalized spacial score (nSPS) is 12.7. The van der Waals surface area contributed by atoms with Crippen LogP contribution in [0.3, 0.4) is 0 Å². The second-order valence-electron chi connectivity index (χ2n) is 3.99. The van der Waals surface area contributed by atoms with E-state index in [0.29, 0.717) is 12.5 Å². The molecule has 1 unspecified atom stereocenters. The van der Waals surface area contributed by atoms with E-state index in [2.05, 4.69) is 15.3 Å². The highest BCUT2D eigenvalue weighted by Crippen LogP contribution is 2.28. The maximum Gasteiger partial charge on any atom is 0.225 e. The van der Waals surface area contributed by atoms with E-state index < -0.39 is 0 Å². The standard InChI is InChI=1S/C11H16N4OS/c1-7(16)6-15(3)9-8-4-5-17-10(8)14-11(12-2)13-9/h4-5,7,16H,6H2,1-3H3,(H,12,13,14). The minimum atomic E-state index is -0.387. The van der Waals surface area contributed by atoms with Crippen molar-refractivity contribution in [2.24, 2.45) is 0 Å². The number of rotatable bonds is 4. The number of aromatic nitrogens is 2. The molecule has 1 atom stereocenters. The lowest BCUT2D eigenvalue weighted by Crippen LogP contribution is -2.28. The molecule has 0 saturated carbocycles. The van der Waals surface area contributed by atoms with Gasteiger partial charge < -0.3 is 15.3 Å². The quantitative estimate of drug-likeness (QED) is 0.864. The molecule has 0 spiro atoms. The highest BCUT2D eigenvalue weighted by Gasteiger charge is 2.13. The Morgan fingerprint density at radius 2 is 2.29 bits per heavy atom. The van der Waals surface area contributed by atoms with Crippen molar-refractivity contribution in [2.45, 2.75) is 13.0 Å². The second kappa shape index (κ2) is 4.85. The summed E-state index contributed by atoms with van der Waals surface area (Å²) in [6.07, 6.45) is -0.387. The van der Waals surface area contributed by atoms with Crippen LogP contribution in [0.25, 0.3) is 10.2 Å². The summed E-state index contributed by atoms with van der Waals surface area (Å²) in [5, 5.41) is 15.4. The van der Waals surface area contributed by atoms with Crippen molar-refractivity contribution in [2.75, 3.05) is 30.9 Å². The monoisotopic (exact) mass is 252 g/mol. The predicted molar refractivity (Wildman–Crippen MR) is 71.9 cm³/mol. The lowest BCUT2D eigenvalue weighted by Gasteiger charge is -2.20. The summed E-state index contributed by atoms with van der Waals surface area (Å²) in [5.74, 6) is 1.45. The Labute approximate surface area is 104 Å². The molecule has 0 radical (unpaired) electrons. The third-order valence-corrected chi connectivity index (χ3v) is 3.23. The van der Waals surface area contributed by atoms with E-state index in [-0.39, 0.29) is 6.10 Å². The Morgan fingerprint density at radius 1 is 1.53 bits per heavy atom. The highest BCUT2D eigenvalue weighted by atomic mass is 32.1. The molecule has 0 amide bonds. The summed E-state index contributed by atoms with van der Waals surface area (Å²) < 4.78 is 0. The summed E-state index contributed by atoms with van der Waals surface area (Å²) >= 11 is 1.59. The first-order valence-corrected chi connectivity index (χ1v) is 6.32. The number of aliphatic hydroxyl groups excluding tert-OH is 1. The SMILES string of the molecule is CNc1nc(N(C)CC(C)O)c2ccsc2n1. The molecule has 2 rings (SSSR count). The number of nitrogens with zero attached hydrogens (tertiary/aromatic N) is 3. The van der Waals surface area contributed by atoms with Crippen molar-refractivity contribution in [3.8, 4) is 0 Å². The molecule has 6 heteroatoms. The third kappa shape index (κ3) is 2.48. The molecule has 0 aliphatic heterocycles. The van der Waals surface area contributed by atoms with E-state index in [1.54, 1.807) is 25.3 Å². The largest absolute Gasteiger partial charge is 0.392 e. The first kappa shape index (κ1) is 12.1. The first-order valence-electron chi connectivity index (χ1n) is 5.44. The van der Waals surface area contributed by atoms with Crippen LogP contribution in [-0.2, 0) is 0 Å². The molecule has 2 aromatic rings. The van der Waals surface area contributed by atoms with Crippen LogP contribution in [0.4, 0.5) is 11.8 Å². The zero-order chi connectivity index (χ0) is 12.4. The smallest absolute Gasteiger partial charge is 0.225 e. The topological polar surface area (TPSA) is 61.3 Å². The van der Waals surface area contributed by atoms with Gasteiger partial charge in [-0.1, -0.05) is 0 Å². The van der Waals surface area contributed by atoms with E-state index in [1.165, 1.54) is 0 Å². The van der Waals surface area contributed by atoms with Gasteiger partial charge in [-0.25, -0.2) is 4.98 Å². The lowest BCUT2D eigenvalue weighted by molar-refractivity contribution is 0.201. The van der Waals surface area contributed by atoms with Gasteiger partial charge >= 0.3 is 0 Å². The van der Waals surface area contributed by atoms with Crippen LogP contribution in [0.15, 0.2) is 11.4 Å². The van der Waals surface area contributed by atoms with Crippen LogP contribution in [0.2, 0.25) is 0 Å². The third-order valence-electron chi connectivity index (χ3n) is 2.43. The molecule has 0 saturated heterocycles. The Balaban J connectivity index is 2.46. The molecule has 17 heavy (non-hydrogen) atoms. The van der Waals surface area contributed by atoms with Crippen molar-refractivity contribution in [1.29, 1.82) is 0 Å². The van der Waals surface area contributed by atoms with E-state index in [0.717, 1.165) is 16.0 Å². The molecule has 5 nitrogen and oxygen atoms in total. The number of hydrogen-bond acceptors (Lipinski definition) is 6. The maximum atomic E-state index is 9.44. The Bertz CT molecular complexity index is 511. The van der Waals surface area contributed by atoms with E-state index in [9.17, 15) is 5.11 Å². The first-order chi connectivity index (χ1) is 8.11. The molecule has 0 fully saturated rings. The fourth-order valence-electron chi connectivity index (χ4n) is 1.73. The molecule has 0 aliphatic carbocycles. The van der Waals surface area contributed by atoms with Crippen LogP contribution in [0, 0.1) is 0 Å². The van der Waals surface area contributed by atoms with Gasteiger partial charge in [-0.05, 0) is 18.4 Å². The number of likely N-dealkylation sites (N-methyl/N-ethyl adjacent to an activating group) is 1. The summed E-state index contributed by atoms with van der Waals surface area (Å²) in [7, 11) is 3.72. The van der Waals surface area contributed by atoms with Crippen LogP contribution >= 0.6 is 11.3 Å². The fraction of sp³-hybridized carbons (Fsp3) is 0.455. The van der Waals surface area contributed by atoms with Crippen LogP contribution in [0.1, 0.15) is 6.92 Å². The average Bonchev–Trinajstić information content (AvgIpc) is 2.74. The minimum absolute atomic E-state index is 0.387. The van der Waals surface area contributed by atoms with Gasteiger partial charge in [0.05, 0.1) is 11.5 Å². The molecule has 2 N–H and O–H groups in total. The van der Waals surface area contributed by atoms with E-state index in [4.69, 9.17) is 0 Å². The number of thiophene rings is 1. The van der Waals surface area contributed by atoms with E-state index in [1.807, 2.05) is 23.4 Å². The molecule has 92 valence electrons. The van der Waals surface area contributed by atoms with Crippen molar-refractivity contribution in [1.82, 2.24) is 9.97 Å². The van der Waals surface area contributed by atoms with Crippen molar-refractivity contribution < 1.29 is 5.11 Å². The zero-order valence-electron chi connectivity index (χ0n) is 10.1. The molecule has 0 aromatic carbocycles. The summed E-state index contributed by atoms with van der Waals surface area (Å²) in [5.41, 5.74) is 0. The van der Waals surface area contributed by atoms with Crippen molar-refractivity contribution >= 4 is 33.3 Å². The summed E-state index contributed by atoms with van der Waals surface area (Å²) in [6, 6.07) is 2.01. The van der Waals surface area contributed by atoms with Gasteiger partial charge in [-0.3, -0.25) is 0 Å². The van der Waals surface area contributed by atoms with E-state index >= 15 is 0 Å². The molecule has 2 aromatic heterocycles. The van der Waals surface area contributed by atoms with Crippen LogP contribution < -0.4 is 10.2 Å². The van der Waals surface area contributed by atoms with Gasteiger partial charge in [0.1, 0.15) is 10.6 Å². The van der Waals surface area contributed by atoms with Crippen molar-refractivity contribution in [3.63, 3.8) is 0 Å². The van der Waals surface area contributed by atoms with Gasteiger partial charge in [0, 0.05) is 20.6 Å². The van der Waals surface area contributed by atoms with Gasteiger partial charge in [-0.2, -0.15) is 4.98 Å². The van der Waals surface area contributed by atoms with Crippen molar-refractivity contribution in [3.05, 3.63) is 11.4 Å². The molecular weight excluding hydrogens is 236 g/mol. The number of anilines is 2. The number of aliphatic hydroxyl groups is 1. The Kier molecular flexibility index (Phi) is 3.44. The number of hydrogen-bond donors (Lipinski definition) is 2. The molecule has 2 heterocycles. The number of fused-ring (bicyclic) bond motifs is 1.